The smallest absolute Gasteiger partial charge is 0.325 e. The Bertz CT molecular complexity index is 1130. The van der Waals surface area contributed by atoms with Gasteiger partial charge in [0.05, 0.1) is 17.7 Å². The van der Waals surface area contributed by atoms with Crippen LogP contribution in [0.5, 0.6) is 0 Å². The fourth-order valence-corrected chi connectivity index (χ4v) is 7.59. The van der Waals surface area contributed by atoms with Crippen LogP contribution in [0.15, 0.2) is 22.9 Å². The van der Waals surface area contributed by atoms with Crippen molar-refractivity contribution in [2.75, 3.05) is 6.61 Å². The summed E-state index contributed by atoms with van der Waals surface area (Å²) in [5, 5.41) is 3.26. The maximum Gasteiger partial charge on any atom is 0.325 e. The molecule has 0 aliphatic carbocycles. The van der Waals surface area contributed by atoms with E-state index in [0.29, 0.717) is 5.57 Å². The lowest BCUT2D eigenvalue weighted by molar-refractivity contribution is -0.0653. The van der Waals surface area contributed by atoms with E-state index in [-0.39, 0.29) is 22.4 Å². The molecule has 1 saturated heterocycles. The van der Waals surface area contributed by atoms with Crippen molar-refractivity contribution < 1.29 is 31.0 Å². The second kappa shape index (κ2) is 9.68. The Labute approximate surface area is 229 Å². The maximum atomic E-state index is 13.1. The van der Waals surface area contributed by atoms with Crippen molar-refractivity contribution in [3.8, 4) is 0 Å². The molecule has 14 heteroatoms. The molecule has 0 aromatic carbocycles. The quantitative estimate of drug-likeness (QED) is 0.312. The highest BCUT2D eigenvalue weighted by Gasteiger charge is 2.68. The largest absolute Gasteiger partial charge is 0.414 e. The molecule has 3 rings (SSSR count). The number of rotatable bonds is 6. The summed E-state index contributed by atoms with van der Waals surface area (Å²) in [7, 11) is -9.02. The lowest BCUT2D eigenvalue weighted by Gasteiger charge is -2.45. The number of nitrogens with two attached hydrogens (primary N) is 2. The summed E-state index contributed by atoms with van der Waals surface area (Å²) < 4.78 is 51.3. The molecule has 3 heterocycles. The van der Waals surface area contributed by atoms with Gasteiger partial charge in [-0.1, -0.05) is 41.5 Å². The van der Waals surface area contributed by atoms with Crippen molar-refractivity contribution in [3.63, 3.8) is 0 Å². The Morgan fingerprint density at radius 2 is 1.66 bits per heavy atom. The first kappa shape index (κ1) is 31.3. The van der Waals surface area contributed by atoms with Crippen molar-refractivity contribution in [2.45, 2.75) is 115 Å². The van der Waals surface area contributed by atoms with Gasteiger partial charge in [-0.15, -0.1) is 0 Å². The number of hydrogen-bond acceptors (Lipinski definition) is 9. The molecule has 1 fully saturated rings. The second-order valence-electron chi connectivity index (χ2n) is 13.5. The van der Waals surface area contributed by atoms with E-state index in [1.54, 1.807) is 13.1 Å². The highest BCUT2D eigenvalue weighted by Crippen LogP contribution is 2.50. The van der Waals surface area contributed by atoms with Gasteiger partial charge >= 0.3 is 6.03 Å². The van der Waals surface area contributed by atoms with Crippen LogP contribution < -0.4 is 16.8 Å². The van der Waals surface area contributed by atoms with Crippen LogP contribution in [-0.4, -0.2) is 72.8 Å². The molecule has 218 valence electrons. The van der Waals surface area contributed by atoms with Crippen molar-refractivity contribution in [2.24, 2.45) is 11.5 Å². The van der Waals surface area contributed by atoms with Gasteiger partial charge in [-0.25, -0.2) is 8.98 Å². The van der Waals surface area contributed by atoms with Gasteiger partial charge in [0, 0.05) is 6.20 Å². The Kier molecular flexibility index (Phi) is 7.96. The summed E-state index contributed by atoms with van der Waals surface area (Å²) in [6, 6.07) is -0.499. The molecule has 2 unspecified atom stereocenters. The van der Waals surface area contributed by atoms with Gasteiger partial charge in [-0.05, 0) is 48.8 Å². The van der Waals surface area contributed by atoms with E-state index in [1.165, 1.54) is 4.90 Å². The summed E-state index contributed by atoms with van der Waals surface area (Å²) in [4.78, 5) is 14.5. The lowest BCUT2D eigenvalue weighted by atomic mass is 9.89. The molecule has 1 spiro atoms. The molecule has 2 amide bonds. The number of ether oxygens (including phenoxy) is 1. The first-order valence-corrected chi connectivity index (χ1v) is 20.2. The molecule has 0 aromatic heterocycles. The second-order valence-corrected chi connectivity index (χ2v) is 24.5. The van der Waals surface area contributed by atoms with Gasteiger partial charge in [0.25, 0.3) is 10.1 Å². The molecule has 0 radical (unpaired) electrons. The SMILES string of the molecule is CC1=CN([C@@H]2O[C@H](CO[Si](C)(C)C(C)(C)C)C3(OS(=O)(=O)C=C3N)[C@H]2O[Si](C)(C)C(C)(C)C)C(=O)NC1N. The summed E-state index contributed by atoms with van der Waals surface area (Å²) in [6.07, 6.45) is -2.14. The number of hydrogen-bond donors (Lipinski definition) is 3. The zero-order chi connectivity index (χ0) is 29.3. The summed E-state index contributed by atoms with van der Waals surface area (Å²) in [5.41, 5.74) is 11.4. The molecule has 11 nitrogen and oxygen atoms in total. The van der Waals surface area contributed by atoms with Crippen LogP contribution in [0.3, 0.4) is 0 Å². The zero-order valence-electron chi connectivity index (χ0n) is 24.5. The normalized spacial score (nSPS) is 32.4. The molecular formula is C24H46N4O7SSi2. The molecule has 5 atom stereocenters. The van der Waals surface area contributed by atoms with Gasteiger partial charge in [-0.2, -0.15) is 8.42 Å². The van der Waals surface area contributed by atoms with Gasteiger partial charge in [0.2, 0.25) is 0 Å². The number of nitrogens with zero attached hydrogens (tertiary/aromatic N) is 1. The van der Waals surface area contributed by atoms with Crippen molar-refractivity contribution in [1.29, 1.82) is 0 Å². The highest BCUT2D eigenvalue weighted by atomic mass is 32.2. The zero-order valence-corrected chi connectivity index (χ0v) is 27.4. The average Bonchev–Trinajstić information content (AvgIpc) is 3.14. The fraction of sp³-hybridized carbons (Fsp3) is 0.792. The topological polar surface area (TPSA) is 155 Å². The predicted molar refractivity (Wildman–Crippen MR) is 151 cm³/mol. The molecule has 0 aromatic rings. The van der Waals surface area contributed by atoms with Crippen LogP contribution in [0, 0.1) is 0 Å². The molecule has 38 heavy (non-hydrogen) atoms. The molecule has 0 bridgehead atoms. The Morgan fingerprint density at radius 3 is 2.13 bits per heavy atom. The number of nitrogens with one attached hydrogen (secondary N) is 1. The first-order chi connectivity index (χ1) is 17.0. The van der Waals surface area contributed by atoms with E-state index >= 15 is 0 Å². The minimum atomic E-state index is -4.14. The molecule has 3 aliphatic rings. The van der Waals surface area contributed by atoms with E-state index in [9.17, 15) is 13.2 Å². The third-order valence-electron chi connectivity index (χ3n) is 8.69. The van der Waals surface area contributed by atoms with Crippen molar-refractivity contribution in [1.82, 2.24) is 10.2 Å². The third kappa shape index (κ3) is 5.51. The van der Waals surface area contributed by atoms with E-state index in [0.717, 1.165) is 5.41 Å². The Hall–Kier alpha value is -1.27. The third-order valence-corrected chi connectivity index (χ3v) is 18.7. The van der Waals surface area contributed by atoms with Crippen LogP contribution in [-0.2, 0) is 27.9 Å². The minimum absolute atomic E-state index is 0.00604. The standard InChI is InChI=1S/C24H46N4O7SSi2/c1-15-12-28(21(29)27-19(15)26)20-18(34-38(10,11)23(5,6)7)24(16(25)14-36(30,31)35-24)17(33-20)13-32-37(8,9)22(2,3)4/h12,14,17-20H,13,25-26H2,1-11H3,(H,27,29)/t17-,18+,19?,20-,24?/m1/s1. The van der Waals surface area contributed by atoms with E-state index in [4.69, 9.17) is 29.2 Å². The summed E-state index contributed by atoms with van der Waals surface area (Å²) >= 11 is 0. The molecule has 0 saturated carbocycles. The molecular weight excluding hydrogens is 545 g/mol. The van der Waals surface area contributed by atoms with Crippen molar-refractivity contribution in [3.05, 3.63) is 22.9 Å². The van der Waals surface area contributed by atoms with Gasteiger partial charge in [-0.3, -0.25) is 4.90 Å². The van der Waals surface area contributed by atoms with E-state index < -0.39 is 63.0 Å². The maximum absolute atomic E-state index is 13.1. The van der Waals surface area contributed by atoms with Crippen LogP contribution in [0.1, 0.15) is 48.5 Å². The van der Waals surface area contributed by atoms with Gasteiger partial charge in [0.15, 0.2) is 28.5 Å². The van der Waals surface area contributed by atoms with Crippen LogP contribution in [0.4, 0.5) is 4.79 Å². The number of carbonyl (C=O) groups is 1. The van der Waals surface area contributed by atoms with Gasteiger partial charge < -0.3 is 30.4 Å². The predicted octanol–water partition coefficient (Wildman–Crippen LogP) is 3.24. The van der Waals surface area contributed by atoms with Crippen LogP contribution in [0.25, 0.3) is 0 Å². The first-order valence-electron chi connectivity index (χ1n) is 12.9. The number of carbonyl (C=O) groups excluding carboxylic acids is 1. The molecule has 5 N–H and O–H groups in total. The highest BCUT2D eigenvalue weighted by molar-refractivity contribution is 7.90. The minimum Gasteiger partial charge on any atom is -0.414 e. The average molecular weight is 591 g/mol. The summed E-state index contributed by atoms with van der Waals surface area (Å²) in [5.74, 6) is 0. The lowest BCUT2D eigenvalue weighted by Crippen LogP contribution is -2.62. The van der Waals surface area contributed by atoms with Crippen molar-refractivity contribution >= 4 is 32.8 Å². The fourth-order valence-electron chi connectivity index (χ4n) is 4.08. The van der Waals surface area contributed by atoms with Crippen LogP contribution >= 0.6 is 0 Å². The monoisotopic (exact) mass is 590 g/mol. The number of urea groups is 1. The van der Waals surface area contributed by atoms with E-state index in [2.05, 4.69) is 60.0 Å². The Morgan fingerprint density at radius 1 is 1.11 bits per heavy atom. The number of amides is 2. The molecule has 3 aliphatic heterocycles. The van der Waals surface area contributed by atoms with E-state index in [1.807, 2.05) is 13.1 Å². The van der Waals surface area contributed by atoms with Crippen LogP contribution in [0.2, 0.25) is 36.3 Å². The summed E-state index contributed by atoms with van der Waals surface area (Å²) in [6.45, 7) is 22.6. The Balaban J connectivity index is 2.17. The van der Waals surface area contributed by atoms with Gasteiger partial charge in [0.1, 0.15) is 18.4 Å².